The van der Waals surface area contributed by atoms with Crippen molar-refractivity contribution < 1.29 is 14.5 Å². The van der Waals surface area contributed by atoms with E-state index in [1.165, 1.54) is 15.4 Å². The predicted molar refractivity (Wildman–Crippen MR) is 119 cm³/mol. The van der Waals surface area contributed by atoms with Gasteiger partial charge in [-0.2, -0.15) is 15.3 Å². The van der Waals surface area contributed by atoms with Crippen LogP contribution < -0.4 is 10.6 Å². The summed E-state index contributed by atoms with van der Waals surface area (Å²) in [7, 11) is 0. The molecule has 0 atom stereocenters. The number of carbonyl (C=O) groups is 2. The van der Waals surface area contributed by atoms with Crippen LogP contribution in [0.1, 0.15) is 53.1 Å². The van der Waals surface area contributed by atoms with E-state index in [0.717, 1.165) is 0 Å². The fraction of sp³-hybridized carbons (Fsp3) is 0.450. The van der Waals surface area contributed by atoms with Gasteiger partial charge in [0.15, 0.2) is 11.4 Å². The number of nitrogens with one attached hydrogen (secondary N) is 2. The standard InChI is InChI=1S/C20H27N9O4/c1-6-26-10-16(17(25-26)20(31)21-9-12(2)3)22-19(30)15-7-8-27(24-15)11-28-14(5)18(29(32)33)13(4)23-28/h7-8,10,12H,6,9,11H2,1-5H3,(H,21,31)(H,22,30). The molecule has 13 heteroatoms. The number of aryl methyl sites for hydroxylation is 2. The molecule has 0 bridgehead atoms. The molecule has 33 heavy (non-hydrogen) atoms. The zero-order chi connectivity index (χ0) is 24.3. The van der Waals surface area contributed by atoms with Crippen LogP contribution in [0.25, 0.3) is 0 Å². The molecular formula is C20H27N9O4. The lowest BCUT2D eigenvalue weighted by Gasteiger charge is -2.07. The van der Waals surface area contributed by atoms with Crippen LogP contribution in [0.5, 0.6) is 0 Å². The first-order valence-electron chi connectivity index (χ1n) is 10.5. The highest BCUT2D eigenvalue weighted by Crippen LogP contribution is 2.21. The Bertz CT molecular complexity index is 1190. The molecule has 2 amide bonds. The molecule has 0 aliphatic rings. The summed E-state index contributed by atoms with van der Waals surface area (Å²) in [5, 5.41) is 29.3. The Balaban J connectivity index is 1.75. The van der Waals surface area contributed by atoms with Crippen LogP contribution in [0, 0.1) is 29.9 Å². The normalized spacial score (nSPS) is 11.1. The average Bonchev–Trinajstić information content (AvgIpc) is 3.44. The lowest BCUT2D eigenvalue weighted by Crippen LogP contribution is -2.29. The van der Waals surface area contributed by atoms with Crippen LogP contribution in [0.15, 0.2) is 18.5 Å². The van der Waals surface area contributed by atoms with E-state index >= 15 is 0 Å². The molecule has 3 aromatic heterocycles. The molecule has 3 rings (SSSR count). The Hall–Kier alpha value is -4.03. The Morgan fingerprint density at radius 1 is 1.15 bits per heavy atom. The zero-order valence-electron chi connectivity index (χ0n) is 19.2. The van der Waals surface area contributed by atoms with Crippen molar-refractivity contribution in [3.63, 3.8) is 0 Å². The van der Waals surface area contributed by atoms with E-state index in [9.17, 15) is 19.7 Å². The van der Waals surface area contributed by atoms with E-state index in [4.69, 9.17) is 0 Å². The summed E-state index contributed by atoms with van der Waals surface area (Å²) in [5.74, 6) is -0.614. The van der Waals surface area contributed by atoms with Gasteiger partial charge in [0.25, 0.3) is 11.8 Å². The molecule has 0 spiro atoms. The molecule has 0 aliphatic heterocycles. The molecule has 0 unspecified atom stereocenters. The number of hydrogen-bond acceptors (Lipinski definition) is 7. The smallest absolute Gasteiger partial charge is 0.312 e. The highest BCUT2D eigenvalue weighted by molar-refractivity contribution is 6.07. The number of rotatable bonds is 9. The molecule has 0 radical (unpaired) electrons. The second-order valence-corrected chi connectivity index (χ2v) is 7.96. The third-order valence-corrected chi connectivity index (χ3v) is 4.90. The van der Waals surface area contributed by atoms with Gasteiger partial charge in [0, 0.05) is 25.5 Å². The van der Waals surface area contributed by atoms with Crippen LogP contribution in [-0.4, -0.2) is 52.6 Å². The van der Waals surface area contributed by atoms with Crippen molar-refractivity contribution in [3.8, 4) is 0 Å². The first-order valence-corrected chi connectivity index (χ1v) is 10.5. The van der Waals surface area contributed by atoms with Crippen molar-refractivity contribution in [2.75, 3.05) is 11.9 Å². The monoisotopic (exact) mass is 457 g/mol. The Labute approximate surface area is 189 Å². The van der Waals surface area contributed by atoms with E-state index in [1.807, 2.05) is 20.8 Å². The molecule has 176 valence electrons. The minimum Gasteiger partial charge on any atom is -0.350 e. The van der Waals surface area contributed by atoms with Gasteiger partial charge >= 0.3 is 5.69 Å². The first-order chi connectivity index (χ1) is 15.6. The summed E-state index contributed by atoms with van der Waals surface area (Å²) in [5.41, 5.74) is 1.18. The molecule has 13 nitrogen and oxygen atoms in total. The number of aromatic nitrogens is 6. The maximum absolute atomic E-state index is 12.8. The molecule has 0 saturated heterocycles. The van der Waals surface area contributed by atoms with Crippen molar-refractivity contribution in [1.82, 2.24) is 34.7 Å². The third kappa shape index (κ3) is 5.25. The van der Waals surface area contributed by atoms with Gasteiger partial charge in [0.2, 0.25) is 0 Å². The van der Waals surface area contributed by atoms with Crippen LogP contribution in [0.2, 0.25) is 0 Å². The summed E-state index contributed by atoms with van der Waals surface area (Å²) in [6, 6.07) is 1.51. The van der Waals surface area contributed by atoms with E-state index in [1.54, 1.807) is 30.9 Å². The highest BCUT2D eigenvalue weighted by atomic mass is 16.6. The van der Waals surface area contributed by atoms with Crippen molar-refractivity contribution in [3.05, 3.63) is 51.4 Å². The van der Waals surface area contributed by atoms with Gasteiger partial charge in [-0.15, -0.1) is 0 Å². The summed E-state index contributed by atoms with van der Waals surface area (Å²) >= 11 is 0. The topological polar surface area (TPSA) is 155 Å². The number of carbonyl (C=O) groups excluding carboxylic acids is 2. The highest BCUT2D eigenvalue weighted by Gasteiger charge is 2.23. The first kappa shape index (κ1) is 23.6. The SMILES string of the molecule is CCn1cc(NC(=O)c2ccn(Cn3nc(C)c([N+](=O)[O-])c3C)n2)c(C(=O)NCC(C)C)n1. The third-order valence-electron chi connectivity index (χ3n) is 4.90. The second kappa shape index (κ2) is 9.63. The maximum Gasteiger partial charge on any atom is 0.312 e. The van der Waals surface area contributed by atoms with Gasteiger partial charge in [-0.05, 0) is 32.8 Å². The minimum atomic E-state index is -0.512. The molecule has 0 saturated carbocycles. The van der Waals surface area contributed by atoms with Crippen LogP contribution >= 0.6 is 0 Å². The maximum atomic E-state index is 12.8. The van der Waals surface area contributed by atoms with E-state index in [-0.39, 0.29) is 41.3 Å². The van der Waals surface area contributed by atoms with Crippen molar-refractivity contribution >= 4 is 23.2 Å². The van der Waals surface area contributed by atoms with Gasteiger partial charge in [-0.25, -0.2) is 4.68 Å². The minimum absolute atomic E-state index is 0.0451. The fourth-order valence-corrected chi connectivity index (χ4v) is 3.20. The molecule has 3 heterocycles. The zero-order valence-corrected chi connectivity index (χ0v) is 19.2. The van der Waals surface area contributed by atoms with Gasteiger partial charge in [0.1, 0.15) is 18.1 Å². The lowest BCUT2D eigenvalue weighted by atomic mass is 10.2. The Morgan fingerprint density at radius 2 is 1.88 bits per heavy atom. The van der Waals surface area contributed by atoms with Gasteiger partial charge in [-0.3, -0.25) is 29.1 Å². The number of hydrogen-bond donors (Lipinski definition) is 2. The van der Waals surface area contributed by atoms with Gasteiger partial charge in [-0.1, -0.05) is 13.8 Å². The molecule has 0 aliphatic carbocycles. The molecule has 3 aromatic rings. The molecule has 0 fully saturated rings. The van der Waals surface area contributed by atoms with Crippen molar-refractivity contribution in [1.29, 1.82) is 0 Å². The largest absolute Gasteiger partial charge is 0.350 e. The number of nitrogens with zero attached hydrogens (tertiary/aromatic N) is 7. The summed E-state index contributed by atoms with van der Waals surface area (Å²) in [6.45, 7) is 10.1. The average molecular weight is 457 g/mol. The van der Waals surface area contributed by atoms with E-state index < -0.39 is 10.8 Å². The summed E-state index contributed by atoms with van der Waals surface area (Å²) in [6.07, 6.45) is 3.16. The van der Waals surface area contributed by atoms with E-state index in [0.29, 0.717) is 24.5 Å². The number of anilines is 1. The Morgan fingerprint density at radius 3 is 2.48 bits per heavy atom. The van der Waals surface area contributed by atoms with Crippen molar-refractivity contribution in [2.45, 2.75) is 47.8 Å². The van der Waals surface area contributed by atoms with E-state index in [2.05, 4.69) is 25.9 Å². The van der Waals surface area contributed by atoms with Crippen molar-refractivity contribution in [2.24, 2.45) is 5.92 Å². The molecule has 2 N–H and O–H groups in total. The second-order valence-electron chi connectivity index (χ2n) is 7.96. The van der Waals surface area contributed by atoms with Crippen LogP contribution in [0.4, 0.5) is 11.4 Å². The molecular weight excluding hydrogens is 430 g/mol. The lowest BCUT2D eigenvalue weighted by molar-refractivity contribution is -0.386. The summed E-state index contributed by atoms with van der Waals surface area (Å²) in [4.78, 5) is 36.0. The van der Waals surface area contributed by atoms with Gasteiger partial charge < -0.3 is 10.6 Å². The Kier molecular flexibility index (Phi) is 6.89. The number of amides is 2. The van der Waals surface area contributed by atoms with Crippen LogP contribution in [0.3, 0.4) is 0 Å². The summed E-state index contributed by atoms with van der Waals surface area (Å²) < 4.78 is 4.46. The fourth-order valence-electron chi connectivity index (χ4n) is 3.20. The predicted octanol–water partition coefficient (Wildman–Crippen LogP) is 1.96. The number of nitro groups is 1. The molecule has 0 aromatic carbocycles. The quantitative estimate of drug-likeness (QED) is 0.367. The van der Waals surface area contributed by atoms with Crippen LogP contribution in [-0.2, 0) is 13.2 Å². The van der Waals surface area contributed by atoms with Gasteiger partial charge in [0.05, 0.1) is 10.6 Å².